The normalized spacial score (nSPS) is 24.7. The third-order valence-corrected chi connectivity index (χ3v) is 5.00. The molecule has 1 fully saturated rings. The molecule has 0 aromatic carbocycles. The van der Waals surface area contributed by atoms with Crippen LogP contribution in [0.4, 0.5) is 0 Å². The van der Waals surface area contributed by atoms with Crippen molar-refractivity contribution >= 4 is 11.8 Å². The van der Waals surface area contributed by atoms with E-state index in [1.54, 1.807) is 0 Å². The first-order chi connectivity index (χ1) is 12.3. The third kappa shape index (κ3) is 8.11. The van der Waals surface area contributed by atoms with E-state index in [-0.39, 0.29) is 23.2 Å². The number of Topliss-reactive ketones (excluding diaryl/α,β-unsaturated/α-hetero) is 1. The molecule has 0 N–H and O–H groups in total. The van der Waals surface area contributed by atoms with Gasteiger partial charge in [-0.15, -0.1) is 0 Å². The van der Waals surface area contributed by atoms with Gasteiger partial charge in [-0.3, -0.25) is 4.79 Å². The molecule has 0 aliphatic heterocycles. The van der Waals surface area contributed by atoms with Gasteiger partial charge in [0.25, 0.3) is 0 Å². The standard InChI is InChI=1S/C24H36O3/c1-17(10-9-11-18(2)16-22(26)27-23(4,5)6)12-13-20-19(3)21(25)14-15-24(20,7)8/h9-13,16,19-20H,14-15H2,1-8H3/b11-9+,13-12+,17-10+,18-16+. The molecule has 0 aromatic heterocycles. The van der Waals surface area contributed by atoms with Crippen LogP contribution in [-0.2, 0) is 14.3 Å². The Hall–Kier alpha value is -1.90. The summed E-state index contributed by atoms with van der Waals surface area (Å²) in [6.07, 6.45) is 13.2. The number of ketones is 1. The lowest BCUT2D eigenvalue weighted by Crippen LogP contribution is -2.37. The van der Waals surface area contributed by atoms with Crippen molar-refractivity contribution < 1.29 is 14.3 Å². The van der Waals surface area contributed by atoms with Crippen LogP contribution in [0.3, 0.4) is 0 Å². The van der Waals surface area contributed by atoms with E-state index < -0.39 is 5.60 Å². The first-order valence-electron chi connectivity index (χ1n) is 9.79. The number of allylic oxidation sites excluding steroid dienone is 7. The summed E-state index contributed by atoms with van der Waals surface area (Å²) in [6, 6.07) is 0. The largest absolute Gasteiger partial charge is 0.457 e. The SMILES string of the molecule is CC(/C=C/C1C(C)C(=O)CCC1(C)C)=C\C=C\C(C)=C\C(=O)OC(C)(C)C. The number of hydrogen-bond acceptors (Lipinski definition) is 3. The van der Waals surface area contributed by atoms with E-state index >= 15 is 0 Å². The Morgan fingerprint density at radius 2 is 1.78 bits per heavy atom. The lowest BCUT2D eigenvalue weighted by atomic mass is 9.63. The van der Waals surface area contributed by atoms with Crippen molar-refractivity contribution in [3.63, 3.8) is 0 Å². The molecular weight excluding hydrogens is 336 g/mol. The van der Waals surface area contributed by atoms with E-state index in [0.717, 1.165) is 17.6 Å². The van der Waals surface area contributed by atoms with Gasteiger partial charge >= 0.3 is 5.97 Å². The molecule has 0 saturated heterocycles. The van der Waals surface area contributed by atoms with Crippen LogP contribution >= 0.6 is 0 Å². The molecule has 1 saturated carbocycles. The molecule has 150 valence electrons. The molecule has 1 aliphatic rings. The Kier molecular flexibility index (Phi) is 8.01. The van der Waals surface area contributed by atoms with Crippen LogP contribution in [-0.4, -0.2) is 17.4 Å². The maximum atomic E-state index is 12.1. The molecule has 2 atom stereocenters. The van der Waals surface area contributed by atoms with Crippen molar-refractivity contribution in [1.82, 2.24) is 0 Å². The predicted octanol–water partition coefficient (Wildman–Crippen LogP) is 5.97. The fourth-order valence-electron chi connectivity index (χ4n) is 3.37. The van der Waals surface area contributed by atoms with Crippen LogP contribution in [0.2, 0.25) is 0 Å². The Bertz CT molecular complexity index is 666. The Morgan fingerprint density at radius 1 is 1.15 bits per heavy atom. The van der Waals surface area contributed by atoms with E-state index in [2.05, 4.69) is 26.0 Å². The topological polar surface area (TPSA) is 43.4 Å². The van der Waals surface area contributed by atoms with Gasteiger partial charge in [0.05, 0.1) is 0 Å². The van der Waals surface area contributed by atoms with Crippen molar-refractivity contribution in [2.24, 2.45) is 17.3 Å². The second kappa shape index (κ2) is 9.34. The monoisotopic (exact) mass is 372 g/mol. The van der Waals surface area contributed by atoms with E-state index in [0.29, 0.717) is 12.2 Å². The van der Waals surface area contributed by atoms with Gasteiger partial charge < -0.3 is 4.74 Å². The molecule has 0 spiro atoms. The molecular formula is C24H36O3. The Morgan fingerprint density at radius 3 is 2.37 bits per heavy atom. The Labute approximate surface area is 165 Å². The Balaban J connectivity index is 2.73. The van der Waals surface area contributed by atoms with Crippen LogP contribution in [0, 0.1) is 17.3 Å². The zero-order valence-electron chi connectivity index (χ0n) is 18.3. The quantitative estimate of drug-likeness (QED) is 0.339. The molecule has 0 aromatic rings. The summed E-state index contributed by atoms with van der Waals surface area (Å²) in [7, 11) is 0. The number of ether oxygens (including phenoxy) is 1. The molecule has 1 rings (SSSR count). The van der Waals surface area contributed by atoms with Gasteiger partial charge in [0, 0.05) is 18.4 Å². The molecule has 0 heterocycles. The fourth-order valence-corrected chi connectivity index (χ4v) is 3.37. The van der Waals surface area contributed by atoms with E-state index in [1.165, 1.54) is 6.08 Å². The first-order valence-corrected chi connectivity index (χ1v) is 9.79. The van der Waals surface area contributed by atoms with Gasteiger partial charge in [-0.1, -0.05) is 56.7 Å². The van der Waals surface area contributed by atoms with Gasteiger partial charge in [-0.25, -0.2) is 4.79 Å². The van der Waals surface area contributed by atoms with Gasteiger partial charge in [0.15, 0.2) is 0 Å². The van der Waals surface area contributed by atoms with Crippen molar-refractivity contribution in [3.05, 3.63) is 47.6 Å². The van der Waals surface area contributed by atoms with E-state index in [1.807, 2.05) is 59.8 Å². The fraction of sp³-hybridized carbons (Fsp3) is 0.583. The maximum absolute atomic E-state index is 12.1. The van der Waals surface area contributed by atoms with Crippen molar-refractivity contribution in [2.75, 3.05) is 0 Å². The highest BCUT2D eigenvalue weighted by molar-refractivity contribution is 5.83. The number of rotatable bonds is 5. The van der Waals surface area contributed by atoms with Gasteiger partial charge in [-0.05, 0) is 57.9 Å². The summed E-state index contributed by atoms with van der Waals surface area (Å²) in [5.41, 5.74) is 1.61. The molecule has 27 heavy (non-hydrogen) atoms. The highest BCUT2D eigenvalue weighted by Gasteiger charge is 2.39. The molecule has 2 unspecified atom stereocenters. The average molecular weight is 373 g/mol. The zero-order valence-corrected chi connectivity index (χ0v) is 18.3. The smallest absolute Gasteiger partial charge is 0.331 e. The summed E-state index contributed by atoms with van der Waals surface area (Å²) in [5.74, 6) is 0.379. The average Bonchev–Trinajstić information content (AvgIpc) is 2.49. The zero-order chi connectivity index (χ0) is 20.8. The predicted molar refractivity (Wildman–Crippen MR) is 112 cm³/mol. The highest BCUT2D eigenvalue weighted by Crippen LogP contribution is 2.43. The maximum Gasteiger partial charge on any atom is 0.331 e. The summed E-state index contributed by atoms with van der Waals surface area (Å²) >= 11 is 0. The van der Waals surface area contributed by atoms with E-state index in [9.17, 15) is 9.59 Å². The third-order valence-electron chi connectivity index (χ3n) is 5.00. The molecule has 3 heteroatoms. The van der Waals surface area contributed by atoms with Crippen LogP contribution < -0.4 is 0 Å². The summed E-state index contributed by atoms with van der Waals surface area (Å²) in [6.45, 7) is 16.0. The second-order valence-electron chi connectivity index (χ2n) is 9.32. The molecule has 0 radical (unpaired) electrons. The minimum Gasteiger partial charge on any atom is -0.457 e. The molecule has 0 amide bonds. The summed E-state index contributed by atoms with van der Waals surface area (Å²) in [5, 5.41) is 0. The van der Waals surface area contributed by atoms with Crippen LogP contribution in [0.15, 0.2) is 47.6 Å². The minimum absolute atomic E-state index is 0.0762. The van der Waals surface area contributed by atoms with Gasteiger partial charge in [0.2, 0.25) is 0 Å². The molecule has 3 nitrogen and oxygen atoms in total. The first kappa shape index (κ1) is 23.1. The molecule has 0 bridgehead atoms. The second-order valence-corrected chi connectivity index (χ2v) is 9.32. The van der Waals surface area contributed by atoms with E-state index in [4.69, 9.17) is 4.74 Å². The van der Waals surface area contributed by atoms with Crippen LogP contribution in [0.1, 0.15) is 68.2 Å². The van der Waals surface area contributed by atoms with Crippen molar-refractivity contribution in [3.8, 4) is 0 Å². The number of carbonyl (C=O) groups excluding carboxylic acids is 2. The lowest BCUT2D eigenvalue weighted by Gasteiger charge is -2.40. The summed E-state index contributed by atoms with van der Waals surface area (Å²) in [4.78, 5) is 23.8. The minimum atomic E-state index is -0.482. The number of hydrogen-bond donors (Lipinski definition) is 0. The lowest BCUT2D eigenvalue weighted by molar-refractivity contribution is -0.148. The van der Waals surface area contributed by atoms with Crippen molar-refractivity contribution in [1.29, 1.82) is 0 Å². The van der Waals surface area contributed by atoms with Crippen LogP contribution in [0.5, 0.6) is 0 Å². The molecule has 1 aliphatic carbocycles. The summed E-state index contributed by atoms with van der Waals surface area (Å²) < 4.78 is 5.28. The van der Waals surface area contributed by atoms with Crippen molar-refractivity contribution in [2.45, 2.75) is 73.8 Å². The number of esters is 1. The van der Waals surface area contributed by atoms with Gasteiger partial charge in [0.1, 0.15) is 11.4 Å². The highest BCUT2D eigenvalue weighted by atomic mass is 16.6. The number of carbonyl (C=O) groups is 2. The van der Waals surface area contributed by atoms with Crippen LogP contribution in [0.25, 0.3) is 0 Å². The van der Waals surface area contributed by atoms with Gasteiger partial charge in [-0.2, -0.15) is 0 Å².